The molecule has 6 heteroatoms. The Balaban J connectivity index is 1.97. The molecule has 2 aromatic carbocycles. The minimum atomic E-state index is -4.27. The van der Waals surface area contributed by atoms with E-state index in [4.69, 9.17) is 5.11 Å². The van der Waals surface area contributed by atoms with Gasteiger partial charge >= 0.3 is 12.1 Å². The van der Waals surface area contributed by atoms with Crippen molar-refractivity contribution in [3.05, 3.63) is 54.1 Å². The third-order valence-electron chi connectivity index (χ3n) is 4.13. The Morgan fingerprint density at radius 2 is 1.81 bits per heavy atom. The predicted molar refractivity (Wildman–Crippen MR) is 95.6 cm³/mol. The van der Waals surface area contributed by atoms with Gasteiger partial charge in [0.2, 0.25) is 0 Å². The summed E-state index contributed by atoms with van der Waals surface area (Å²) in [5.41, 5.74) is 3.75. The molecule has 26 heavy (non-hydrogen) atoms. The monoisotopic (exact) mass is 359 g/mol. The second-order valence-corrected chi connectivity index (χ2v) is 7.19. The van der Waals surface area contributed by atoms with E-state index in [-0.39, 0.29) is 11.2 Å². The second kappa shape index (κ2) is 6.12. The Morgan fingerprint density at radius 3 is 2.46 bits per heavy atom. The van der Waals surface area contributed by atoms with Gasteiger partial charge in [0.1, 0.15) is 5.75 Å². The van der Waals surface area contributed by atoms with Crippen molar-refractivity contribution >= 4 is 16.9 Å². The van der Waals surface area contributed by atoms with Crippen molar-refractivity contribution in [2.45, 2.75) is 32.3 Å². The number of carboxylic acids is 1. The van der Waals surface area contributed by atoms with Crippen LogP contribution in [0.5, 0.6) is 5.75 Å². The highest BCUT2D eigenvalue weighted by atomic mass is 19.3. The number of fused-ring (bicyclic) bond motifs is 1. The molecule has 3 aromatic rings. The Bertz CT molecular complexity index is 971. The van der Waals surface area contributed by atoms with Crippen molar-refractivity contribution in [2.75, 3.05) is 0 Å². The van der Waals surface area contributed by atoms with Crippen molar-refractivity contribution in [1.82, 2.24) is 4.98 Å². The number of aliphatic carboxylic acids is 1. The molecule has 1 heterocycles. The fourth-order valence-electron chi connectivity index (χ4n) is 2.67. The fraction of sp³-hybridized carbons (Fsp3) is 0.250. The largest absolute Gasteiger partial charge is 0.501 e. The molecule has 0 amide bonds. The number of hydrogen-bond donors (Lipinski definition) is 2. The van der Waals surface area contributed by atoms with Gasteiger partial charge in [0.05, 0.1) is 0 Å². The zero-order valence-corrected chi connectivity index (χ0v) is 14.6. The van der Waals surface area contributed by atoms with Gasteiger partial charge in [0.15, 0.2) is 0 Å². The van der Waals surface area contributed by atoms with E-state index in [1.807, 2.05) is 18.2 Å². The maximum Gasteiger partial charge on any atom is 0.501 e. The van der Waals surface area contributed by atoms with E-state index in [9.17, 15) is 13.6 Å². The van der Waals surface area contributed by atoms with Crippen LogP contribution < -0.4 is 4.74 Å². The Kier molecular flexibility index (Phi) is 4.22. The van der Waals surface area contributed by atoms with E-state index in [0.717, 1.165) is 16.8 Å². The van der Waals surface area contributed by atoms with Crippen LogP contribution in [0.15, 0.2) is 48.5 Å². The number of aromatic amines is 1. The molecule has 0 aliphatic heterocycles. The number of benzene rings is 2. The third-order valence-corrected chi connectivity index (χ3v) is 4.13. The molecule has 0 aliphatic carbocycles. The van der Waals surface area contributed by atoms with Crippen LogP contribution in [0.1, 0.15) is 26.3 Å². The molecule has 0 bridgehead atoms. The quantitative estimate of drug-likeness (QED) is 0.674. The van der Waals surface area contributed by atoms with Crippen molar-refractivity contribution in [3.63, 3.8) is 0 Å². The maximum atomic E-state index is 13.2. The van der Waals surface area contributed by atoms with E-state index < -0.39 is 12.1 Å². The summed E-state index contributed by atoms with van der Waals surface area (Å²) < 4.78 is 30.8. The molecule has 2 N–H and O–H groups in total. The van der Waals surface area contributed by atoms with Crippen molar-refractivity contribution < 1.29 is 23.4 Å². The minimum absolute atomic E-state index is 0.00541. The van der Waals surface area contributed by atoms with Crippen LogP contribution in [-0.4, -0.2) is 22.2 Å². The van der Waals surface area contributed by atoms with Gasteiger partial charge < -0.3 is 14.8 Å². The number of halogens is 2. The van der Waals surface area contributed by atoms with Gasteiger partial charge in [-0.05, 0) is 46.9 Å². The van der Waals surface area contributed by atoms with E-state index in [0.29, 0.717) is 5.39 Å². The average Bonchev–Trinajstić information content (AvgIpc) is 2.97. The number of aromatic nitrogens is 1. The van der Waals surface area contributed by atoms with E-state index in [1.165, 1.54) is 17.7 Å². The van der Waals surface area contributed by atoms with Gasteiger partial charge in [-0.1, -0.05) is 39.0 Å². The summed E-state index contributed by atoms with van der Waals surface area (Å²) in [6.45, 7) is 6.39. The number of hydrogen-bond acceptors (Lipinski definition) is 2. The van der Waals surface area contributed by atoms with Gasteiger partial charge in [0.25, 0.3) is 0 Å². The third kappa shape index (κ3) is 3.54. The number of carbonyl (C=O) groups is 1. The highest BCUT2D eigenvalue weighted by Crippen LogP contribution is 2.31. The van der Waals surface area contributed by atoms with Gasteiger partial charge in [-0.3, -0.25) is 0 Å². The number of ether oxygens (including phenoxy) is 1. The molecule has 0 saturated heterocycles. The van der Waals surface area contributed by atoms with Gasteiger partial charge in [-0.25, -0.2) is 4.79 Å². The lowest BCUT2D eigenvalue weighted by Crippen LogP contribution is -2.34. The zero-order chi connectivity index (χ0) is 19.1. The van der Waals surface area contributed by atoms with Crippen LogP contribution in [0.2, 0.25) is 0 Å². The maximum absolute atomic E-state index is 13.2. The summed E-state index contributed by atoms with van der Waals surface area (Å²) in [7, 11) is 0. The molecule has 0 spiro atoms. The van der Waals surface area contributed by atoms with Crippen LogP contribution in [-0.2, 0) is 10.2 Å². The zero-order valence-electron chi connectivity index (χ0n) is 14.6. The molecular weight excluding hydrogens is 340 g/mol. The lowest BCUT2D eigenvalue weighted by molar-refractivity contribution is -0.210. The van der Waals surface area contributed by atoms with E-state index >= 15 is 0 Å². The topological polar surface area (TPSA) is 62.3 Å². The predicted octanol–water partition coefficient (Wildman–Crippen LogP) is 5.19. The molecule has 4 nitrogen and oxygen atoms in total. The summed E-state index contributed by atoms with van der Waals surface area (Å²) in [6.07, 6.45) is -4.27. The fourth-order valence-corrected chi connectivity index (χ4v) is 2.67. The molecule has 0 atom stereocenters. The first-order chi connectivity index (χ1) is 12.1. The molecule has 3 rings (SSSR count). The molecular formula is C20H19F2NO3. The van der Waals surface area contributed by atoms with Crippen LogP contribution >= 0.6 is 0 Å². The highest BCUT2D eigenvalue weighted by molar-refractivity contribution is 5.87. The van der Waals surface area contributed by atoms with Gasteiger partial charge in [-0.2, -0.15) is 8.78 Å². The van der Waals surface area contributed by atoms with E-state index in [2.05, 4.69) is 42.6 Å². The first-order valence-electron chi connectivity index (χ1n) is 8.10. The first kappa shape index (κ1) is 17.9. The summed E-state index contributed by atoms with van der Waals surface area (Å²) in [6, 6.07) is 14.2. The normalized spacial score (nSPS) is 12.3. The number of nitrogens with one attached hydrogen (secondary N) is 1. The van der Waals surface area contributed by atoms with Gasteiger partial charge in [-0.15, -0.1) is 0 Å². The van der Waals surface area contributed by atoms with Crippen LogP contribution in [0.3, 0.4) is 0 Å². The molecule has 136 valence electrons. The van der Waals surface area contributed by atoms with Crippen LogP contribution in [0, 0.1) is 0 Å². The first-order valence-corrected chi connectivity index (χ1v) is 8.10. The number of H-pyrrole nitrogens is 1. The molecule has 0 aliphatic rings. The molecule has 0 unspecified atom stereocenters. The standard InChI is InChI=1S/C20H19F2NO3/c1-19(2,3)14-6-4-5-12(9-14)17-11-13-10-15(7-8-16(13)23-17)26-20(21,22)18(24)25/h4-11,23H,1-3H3,(H,24,25). The highest BCUT2D eigenvalue weighted by Gasteiger charge is 2.42. The number of carboxylic acid groups (broad SMARTS) is 1. The summed E-state index contributed by atoms with van der Waals surface area (Å²) in [4.78, 5) is 13.8. The Hall–Kier alpha value is -2.89. The minimum Gasteiger partial charge on any atom is -0.474 e. The second-order valence-electron chi connectivity index (χ2n) is 7.19. The SMILES string of the molecule is CC(C)(C)c1cccc(-c2cc3cc(OC(F)(F)C(=O)O)ccc3[nH]2)c1. The van der Waals surface area contributed by atoms with Crippen LogP contribution in [0.4, 0.5) is 8.78 Å². The Labute approximate surface area is 149 Å². The molecule has 0 radical (unpaired) electrons. The Morgan fingerprint density at radius 1 is 1.08 bits per heavy atom. The summed E-state index contributed by atoms with van der Waals surface area (Å²) in [5, 5.41) is 9.13. The summed E-state index contributed by atoms with van der Waals surface area (Å²) in [5.74, 6) is -2.54. The van der Waals surface area contributed by atoms with E-state index in [1.54, 1.807) is 6.07 Å². The molecule has 0 saturated carbocycles. The molecule has 1 aromatic heterocycles. The summed E-state index contributed by atoms with van der Waals surface area (Å²) >= 11 is 0. The van der Waals surface area contributed by atoms with Crippen molar-refractivity contribution in [1.29, 1.82) is 0 Å². The average molecular weight is 359 g/mol. The number of rotatable bonds is 4. The lowest BCUT2D eigenvalue weighted by Gasteiger charge is -2.19. The van der Waals surface area contributed by atoms with Crippen molar-refractivity contribution in [3.8, 4) is 17.0 Å². The smallest absolute Gasteiger partial charge is 0.474 e. The number of alkyl halides is 2. The van der Waals surface area contributed by atoms with Gasteiger partial charge in [0, 0.05) is 16.6 Å². The lowest BCUT2D eigenvalue weighted by atomic mass is 9.86. The van der Waals surface area contributed by atoms with Crippen LogP contribution in [0.25, 0.3) is 22.2 Å². The van der Waals surface area contributed by atoms with Crippen molar-refractivity contribution in [2.24, 2.45) is 0 Å². The molecule has 0 fully saturated rings.